The molecule has 0 unspecified atom stereocenters. The third-order valence-corrected chi connectivity index (χ3v) is 5.61. The van der Waals surface area contributed by atoms with Gasteiger partial charge in [-0.05, 0) is 37.6 Å². The number of likely N-dealkylation sites (N-methyl/N-ethyl adjacent to an activating group) is 1. The Morgan fingerprint density at radius 2 is 2.22 bits per heavy atom. The van der Waals surface area contributed by atoms with Crippen LogP contribution in [0.15, 0.2) is 42.9 Å². The predicted molar refractivity (Wildman–Crippen MR) is 121 cm³/mol. The maximum absolute atomic E-state index is 13.3. The van der Waals surface area contributed by atoms with E-state index in [0.717, 1.165) is 5.56 Å². The minimum atomic E-state index is -0.402. The number of aliphatic hydroxyl groups is 1. The molecule has 0 saturated heterocycles. The summed E-state index contributed by atoms with van der Waals surface area (Å²) in [5.41, 5.74) is 1.63. The fraction of sp³-hybridized carbons (Fsp3) is 0.417. The van der Waals surface area contributed by atoms with Gasteiger partial charge in [0.15, 0.2) is 0 Å². The molecule has 170 valence electrons. The van der Waals surface area contributed by atoms with Gasteiger partial charge >= 0.3 is 0 Å². The molecule has 0 spiro atoms. The van der Waals surface area contributed by atoms with Gasteiger partial charge in [0.1, 0.15) is 11.7 Å². The zero-order valence-electron chi connectivity index (χ0n) is 18.9. The first kappa shape index (κ1) is 23.4. The topological polar surface area (TPSA) is 95.9 Å². The van der Waals surface area contributed by atoms with E-state index >= 15 is 0 Å². The Bertz CT molecular complexity index is 979. The Morgan fingerprint density at radius 3 is 2.88 bits per heavy atom. The summed E-state index contributed by atoms with van der Waals surface area (Å²) in [5.74, 6) is -0.269. The molecule has 1 aliphatic heterocycles. The van der Waals surface area contributed by atoms with Crippen LogP contribution >= 0.6 is 0 Å². The molecule has 3 rings (SSSR count). The third-order valence-electron chi connectivity index (χ3n) is 5.61. The van der Waals surface area contributed by atoms with E-state index in [1.165, 1.54) is 6.20 Å². The van der Waals surface area contributed by atoms with E-state index in [1.54, 1.807) is 47.4 Å². The molecular formula is C24H30N4O4. The summed E-state index contributed by atoms with van der Waals surface area (Å²) in [6.07, 6.45) is 8.13. The number of allylic oxidation sites excluding steroid dienone is 1. The number of nitrogens with zero attached hydrogens (tertiary/aromatic N) is 4. The van der Waals surface area contributed by atoms with E-state index in [2.05, 4.69) is 9.97 Å². The van der Waals surface area contributed by atoms with Crippen LogP contribution in [0.1, 0.15) is 47.1 Å². The van der Waals surface area contributed by atoms with Crippen LogP contribution in [0.2, 0.25) is 0 Å². The van der Waals surface area contributed by atoms with E-state index in [1.807, 2.05) is 32.9 Å². The Morgan fingerprint density at radius 1 is 1.44 bits per heavy atom. The van der Waals surface area contributed by atoms with Crippen molar-refractivity contribution in [1.29, 1.82) is 0 Å². The van der Waals surface area contributed by atoms with Crippen molar-refractivity contribution in [1.82, 2.24) is 19.8 Å². The number of carbonyl (C=O) groups excluding carboxylic acids is 2. The average Bonchev–Trinajstić information content (AvgIpc) is 2.81. The largest absolute Gasteiger partial charge is 0.472 e. The fourth-order valence-electron chi connectivity index (χ4n) is 3.68. The molecule has 1 aliphatic rings. The summed E-state index contributed by atoms with van der Waals surface area (Å²) >= 11 is 0. The summed E-state index contributed by atoms with van der Waals surface area (Å²) in [4.78, 5) is 37.8. The van der Waals surface area contributed by atoms with Crippen molar-refractivity contribution in [3.05, 3.63) is 59.6 Å². The Labute approximate surface area is 188 Å². The van der Waals surface area contributed by atoms with Crippen LogP contribution in [0.4, 0.5) is 0 Å². The first-order valence-electron chi connectivity index (χ1n) is 10.7. The summed E-state index contributed by atoms with van der Waals surface area (Å²) in [5, 5.41) is 9.74. The lowest BCUT2D eigenvalue weighted by Gasteiger charge is -2.37. The molecule has 0 aliphatic carbocycles. The number of pyridine rings is 2. The van der Waals surface area contributed by atoms with Gasteiger partial charge in [0.05, 0.1) is 24.8 Å². The molecule has 0 saturated carbocycles. The van der Waals surface area contributed by atoms with Gasteiger partial charge in [-0.25, -0.2) is 4.98 Å². The molecule has 0 radical (unpaired) electrons. The molecule has 0 fully saturated rings. The van der Waals surface area contributed by atoms with Crippen molar-refractivity contribution in [3.8, 4) is 5.88 Å². The summed E-state index contributed by atoms with van der Waals surface area (Å²) < 4.78 is 6.22. The van der Waals surface area contributed by atoms with Crippen molar-refractivity contribution in [2.24, 2.45) is 5.92 Å². The highest BCUT2D eigenvalue weighted by Gasteiger charge is 2.34. The number of fused-ring (bicyclic) bond motifs is 1. The van der Waals surface area contributed by atoms with Crippen molar-refractivity contribution < 1.29 is 19.4 Å². The zero-order chi connectivity index (χ0) is 23.3. The molecule has 1 N–H and O–H groups in total. The number of hydrogen-bond donors (Lipinski definition) is 1. The number of hydrogen-bond acceptors (Lipinski definition) is 6. The van der Waals surface area contributed by atoms with Crippen LogP contribution in [0, 0.1) is 5.92 Å². The lowest BCUT2D eigenvalue weighted by Crippen LogP contribution is -2.50. The van der Waals surface area contributed by atoms with E-state index in [0.29, 0.717) is 24.2 Å². The van der Waals surface area contributed by atoms with Gasteiger partial charge in [-0.3, -0.25) is 14.6 Å². The van der Waals surface area contributed by atoms with Crippen LogP contribution in [-0.2, 0) is 0 Å². The number of carbonyl (C=O) groups is 2. The van der Waals surface area contributed by atoms with E-state index < -0.39 is 6.10 Å². The maximum atomic E-state index is 13.3. The number of ether oxygens (including phenoxy) is 1. The highest BCUT2D eigenvalue weighted by molar-refractivity contribution is 5.97. The Balaban J connectivity index is 1.93. The lowest BCUT2D eigenvalue weighted by molar-refractivity contribution is 0.0313. The highest BCUT2D eigenvalue weighted by atomic mass is 16.5. The quantitative estimate of drug-likeness (QED) is 0.745. The first-order valence-corrected chi connectivity index (χ1v) is 10.7. The van der Waals surface area contributed by atoms with Gasteiger partial charge in [0.2, 0.25) is 5.88 Å². The van der Waals surface area contributed by atoms with E-state index in [-0.39, 0.29) is 36.3 Å². The molecule has 8 heteroatoms. The molecule has 8 nitrogen and oxygen atoms in total. The standard InChI is InChI=1S/C24H30N4O4/c1-5-7-18-10-20-22(26-11-18)32-21(16(2)13-28(24(20)31)17(3)15-29)14-27(4)23(30)19-8-6-9-25-12-19/h5-12,16-17,21,29H,13-15H2,1-4H3/b7-5+/t16-,17+,21+/m1/s1. The third kappa shape index (κ3) is 5.13. The lowest BCUT2D eigenvalue weighted by atomic mass is 9.99. The molecule has 2 amide bonds. The smallest absolute Gasteiger partial charge is 0.259 e. The van der Waals surface area contributed by atoms with Gasteiger partial charge in [-0.1, -0.05) is 19.1 Å². The van der Waals surface area contributed by atoms with Crippen molar-refractivity contribution in [3.63, 3.8) is 0 Å². The molecule has 3 atom stereocenters. The van der Waals surface area contributed by atoms with E-state index in [4.69, 9.17) is 4.74 Å². The zero-order valence-corrected chi connectivity index (χ0v) is 18.9. The maximum Gasteiger partial charge on any atom is 0.259 e. The Hall–Kier alpha value is -3.26. The number of amides is 2. The second-order valence-electron chi connectivity index (χ2n) is 8.17. The molecule has 3 heterocycles. The van der Waals surface area contributed by atoms with Gasteiger partial charge < -0.3 is 19.6 Å². The molecule has 0 bridgehead atoms. The second-order valence-corrected chi connectivity index (χ2v) is 8.17. The molecule has 0 aromatic carbocycles. The van der Waals surface area contributed by atoms with Gasteiger partial charge in [-0.2, -0.15) is 0 Å². The highest BCUT2D eigenvalue weighted by Crippen LogP contribution is 2.27. The summed E-state index contributed by atoms with van der Waals surface area (Å²) in [6, 6.07) is 4.83. The van der Waals surface area contributed by atoms with Crippen LogP contribution in [0.5, 0.6) is 5.88 Å². The van der Waals surface area contributed by atoms with Crippen molar-refractivity contribution >= 4 is 17.9 Å². The predicted octanol–water partition coefficient (Wildman–Crippen LogP) is 2.50. The molecular weight excluding hydrogens is 408 g/mol. The second kappa shape index (κ2) is 10.4. The van der Waals surface area contributed by atoms with E-state index in [9.17, 15) is 14.7 Å². The number of aliphatic hydroxyl groups excluding tert-OH is 1. The van der Waals surface area contributed by atoms with Crippen molar-refractivity contribution in [2.45, 2.75) is 32.9 Å². The summed E-state index contributed by atoms with van der Waals surface area (Å²) in [7, 11) is 1.72. The minimum absolute atomic E-state index is 0.109. The van der Waals surface area contributed by atoms with Gasteiger partial charge in [0, 0.05) is 38.1 Å². The number of rotatable bonds is 6. The molecule has 32 heavy (non-hydrogen) atoms. The average molecular weight is 439 g/mol. The van der Waals surface area contributed by atoms with Gasteiger partial charge in [-0.15, -0.1) is 0 Å². The normalized spacial score (nSPS) is 19.7. The fourth-order valence-corrected chi connectivity index (χ4v) is 3.68. The minimum Gasteiger partial charge on any atom is -0.472 e. The van der Waals surface area contributed by atoms with Crippen LogP contribution in [0.3, 0.4) is 0 Å². The SMILES string of the molecule is C/C=C/c1cnc2c(c1)C(=O)N([C@@H](C)CO)C[C@@H](C)[C@H](CN(C)C(=O)c1cccnc1)O2. The van der Waals surface area contributed by atoms with Crippen molar-refractivity contribution in [2.75, 3.05) is 26.7 Å². The van der Waals surface area contributed by atoms with Crippen LogP contribution < -0.4 is 4.74 Å². The van der Waals surface area contributed by atoms with Crippen LogP contribution in [-0.4, -0.2) is 75.6 Å². The first-order chi connectivity index (χ1) is 15.3. The number of aromatic nitrogens is 2. The monoisotopic (exact) mass is 438 g/mol. The molecule has 2 aromatic heterocycles. The van der Waals surface area contributed by atoms with Crippen LogP contribution in [0.25, 0.3) is 6.08 Å². The Kier molecular flexibility index (Phi) is 7.58. The molecule has 2 aromatic rings. The summed E-state index contributed by atoms with van der Waals surface area (Å²) in [6.45, 7) is 6.21. The van der Waals surface area contributed by atoms with Gasteiger partial charge in [0.25, 0.3) is 11.8 Å².